The van der Waals surface area contributed by atoms with Crippen molar-refractivity contribution in [3.05, 3.63) is 48.2 Å². The molecule has 0 bridgehead atoms. The number of carbonyl (C=O) groups is 1. The molecule has 0 radical (unpaired) electrons. The van der Waals surface area contributed by atoms with Crippen molar-refractivity contribution in [2.24, 2.45) is 0 Å². The van der Waals surface area contributed by atoms with Crippen LogP contribution in [0.15, 0.2) is 42.6 Å². The fourth-order valence-electron chi connectivity index (χ4n) is 3.66. The molecule has 0 unspecified atom stereocenters. The molecule has 0 saturated carbocycles. The van der Waals surface area contributed by atoms with Gasteiger partial charge in [0.05, 0.1) is 0 Å². The summed E-state index contributed by atoms with van der Waals surface area (Å²) in [5, 5.41) is 0. The van der Waals surface area contributed by atoms with Crippen molar-refractivity contribution in [1.29, 1.82) is 0 Å². The largest absolute Gasteiger partial charge is 0.483 e. The second-order valence-electron chi connectivity index (χ2n) is 7.63. The Balaban J connectivity index is 1.32. The first-order chi connectivity index (χ1) is 13.0. The van der Waals surface area contributed by atoms with Crippen molar-refractivity contribution in [2.75, 3.05) is 37.7 Å². The van der Waals surface area contributed by atoms with E-state index < -0.39 is 0 Å². The highest BCUT2D eigenvalue weighted by molar-refractivity contribution is 5.78. The molecule has 0 aliphatic carbocycles. The Bertz CT molecular complexity index is 815. The second kappa shape index (κ2) is 7.10. The van der Waals surface area contributed by atoms with Crippen molar-refractivity contribution < 1.29 is 14.3 Å². The summed E-state index contributed by atoms with van der Waals surface area (Å²) in [7, 11) is 0. The molecule has 4 rings (SSSR count). The van der Waals surface area contributed by atoms with E-state index in [1.54, 1.807) is 6.20 Å². The van der Waals surface area contributed by atoms with Gasteiger partial charge in [-0.3, -0.25) is 4.79 Å². The van der Waals surface area contributed by atoms with Crippen LogP contribution in [0.4, 0.5) is 5.82 Å². The van der Waals surface area contributed by atoms with Crippen molar-refractivity contribution in [3.63, 3.8) is 0 Å². The number of ether oxygens (including phenoxy) is 2. The molecule has 0 N–H and O–H groups in total. The predicted molar refractivity (Wildman–Crippen MR) is 103 cm³/mol. The maximum atomic E-state index is 12.6. The van der Waals surface area contributed by atoms with Crippen LogP contribution in [0.5, 0.6) is 11.5 Å². The van der Waals surface area contributed by atoms with Gasteiger partial charge in [0.25, 0.3) is 5.91 Å². The van der Waals surface area contributed by atoms with Crippen molar-refractivity contribution in [2.45, 2.75) is 25.9 Å². The molecule has 1 aromatic carbocycles. The molecule has 27 heavy (non-hydrogen) atoms. The van der Waals surface area contributed by atoms with Crippen LogP contribution in [0.25, 0.3) is 0 Å². The quantitative estimate of drug-likeness (QED) is 0.831. The Kier molecular flexibility index (Phi) is 4.64. The van der Waals surface area contributed by atoms with Crippen LogP contribution in [-0.2, 0) is 11.2 Å². The lowest BCUT2D eigenvalue weighted by Crippen LogP contribution is -2.50. The maximum absolute atomic E-state index is 12.6. The highest BCUT2D eigenvalue weighted by Gasteiger charge is 2.32. The molecule has 1 aromatic heterocycles. The second-order valence-corrected chi connectivity index (χ2v) is 7.63. The molecule has 6 nitrogen and oxygen atoms in total. The van der Waals surface area contributed by atoms with E-state index in [0.29, 0.717) is 18.8 Å². The topological polar surface area (TPSA) is 54.9 Å². The minimum absolute atomic E-state index is 0.00512. The van der Waals surface area contributed by atoms with Crippen molar-refractivity contribution in [1.82, 2.24) is 9.88 Å². The van der Waals surface area contributed by atoms with Crippen LogP contribution >= 0.6 is 0 Å². The number of fused-ring (bicyclic) bond motifs is 1. The number of benzene rings is 1. The SMILES string of the molecule is CC1(C)Cc2cccc(OCC(=O)N3CCN(c4ccccn4)CC3)c2O1. The van der Waals surface area contributed by atoms with E-state index in [-0.39, 0.29) is 18.1 Å². The Hall–Kier alpha value is -2.76. The predicted octanol–water partition coefficient (Wildman–Crippen LogP) is 2.52. The van der Waals surface area contributed by atoms with Gasteiger partial charge in [-0.25, -0.2) is 4.98 Å². The molecule has 2 aromatic rings. The number of para-hydroxylation sites is 1. The number of rotatable bonds is 4. The van der Waals surface area contributed by atoms with Crippen LogP contribution in [0.1, 0.15) is 19.4 Å². The summed E-state index contributed by atoms with van der Waals surface area (Å²) < 4.78 is 11.8. The molecule has 1 fully saturated rings. The third-order valence-electron chi connectivity index (χ3n) is 5.01. The summed E-state index contributed by atoms with van der Waals surface area (Å²) in [4.78, 5) is 21.0. The van der Waals surface area contributed by atoms with Crippen LogP contribution in [0, 0.1) is 0 Å². The van der Waals surface area contributed by atoms with E-state index in [9.17, 15) is 4.79 Å². The van der Waals surface area contributed by atoms with Crippen LogP contribution in [0.2, 0.25) is 0 Å². The summed E-state index contributed by atoms with van der Waals surface area (Å²) in [5.41, 5.74) is 0.905. The van der Waals surface area contributed by atoms with Crippen molar-refractivity contribution in [3.8, 4) is 11.5 Å². The fraction of sp³-hybridized carbons (Fsp3) is 0.429. The molecule has 2 aliphatic heterocycles. The third kappa shape index (κ3) is 3.84. The molecule has 0 spiro atoms. The summed E-state index contributed by atoms with van der Waals surface area (Å²) in [6, 6.07) is 11.8. The summed E-state index contributed by atoms with van der Waals surface area (Å²) in [5.74, 6) is 2.39. The lowest BCUT2D eigenvalue weighted by Gasteiger charge is -2.35. The Morgan fingerprint density at radius 3 is 2.70 bits per heavy atom. The minimum atomic E-state index is -0.229. The minimum Gasteiger partial charge on any atom is -0.483 e. The van der Waals surface area contributed by atoms with Gasteiger partial charge in [0.1, 0.15) is 11.4 Å². The summed E-state index contributed by atoms with van der Waals surface area (Å²) in [6.07, 6.45) is 2.64. The average molecular weight is 367 g/mol. The maximum Gasteiger partial charge on any atom is 0.260 e. The molecule has 6 heteroatoms. The van der Waals surface area contributed by atoms with E-state index in [4.69, 9.17) is 9.47 Å². The number of hydrogen-bond acceptors (Lipinski definition) is 5. The zero-order chi connectivity index (χ0) is 18.9. The zero-order valence-electron chi connectivity index (χ0n) is 15.9. The van der Waals surface area contributed by atoms with Gasteiger partial charge >= 0.3 is 0 Å². The Labute approximate surface area is 159 Å². The Morgan fingerprint density at radius 1 is 1.15 bits per heavy atom. The average Bonchev–Trinajstić information content (AvgIpc) is 3.01. The molecule has 1 saturated heterocycles. The normalized spacial score (nSPS) is 18.0. The van der Waals surface area contributed by atoms with Crippen molar-refractivity contribution >= 4 is 11.7 Å². The molecule has 2 aliphatic rings. The van der Waals surface area contributed by atoms with Gasteiger partial charge in [0, 0.05) is 44.4 Å². The van der Waals surface area contributed by atoms with Gasteiger partial charge in [0.15, 0.2) is 18.1 Å². The lowest BCUT2D eigenvalue weighted by atomic mass is 10.0. The van der Waals surface area contributed by atoms with E-state index >= 15 is 0 Å². The third-order valence-corrected chi connectivity index (χ3v) is 5.01. The number of anilines is 1. The fourth-order valence-corrected chi connectivity index (χ4v) is 3.66. The van der Waals surface area contributed by atoms with Gasteiger partial charge in [0.2, 0.25) is 0 Å². The molecular weight excluding hydrogens is 342 g/mol. The van der Waals surface area contributed by atoms with E-state index in [2.05, 4.69) is 29.8 Å². The number of nitrogens with zero attached hydrogens (tertiary/aromatic N) is 3. The highest BCUT2D eigenvalue weighted by atomic mass is 16.5. The molecule has 0 atom stereocenters. The van der Waals surface area contributed by atoms with E-state index in [1.807, 2.05) is 35.2 Å². The first-order valence-electron chi connectivity index (χ1n) is 9.39. The molecule has 1 amide bonds. The van der Waals surface area contributed by atoms with Crippen LogP contribution < -0.4 is 14.4 Å². The first-order valence-corrected chi connectivity index (χ1v) is 9.39. The molecule has 142 valence electrons. The number of carbonyl (C=O) groups excluding carboxylic acids is 1. The number of amides is 1. The Morgan fingerprint density at radius 2 is 1.96 bits per heavy atom. The number of pyridine rings is 1. The van der Waals surface area contributed by atoms with Gasteiger partial charge < -0.3 is 19.3 Å². The number of hydrogen-bond donors (Lipinski definition) is 0. The summed E-state index contributed by atoms with van der Waals surface area (Å²) >= 11 is 0. The first kappa shape index (κ1) is 17.6. The standard InChI is InChI=1S/C21H25N3O3/c1-21(2)14-16-6-5-7-17(20(16)27-21)26-15-19(25)24-12-10-23(11-13-24)18-8-3-4-9-22-18/h3-9H,10-15H2,1-2H3. The molecule has 3 heterocycles. The monoisotopic (exact) mass is 367 g/mol. The van der Waals surface area contributed by atoms with E-state index in [0.717, 1.165) is 36.6 Å². The van der Waals surface area contributed by atoms with Crippen LogP contribution in [-0.4, -0.2) is 54.2 Å². The zero-order valence-corrected chi connectivity index (χ0v) is 15.9. The lowest BCUT2D eigenvalue weighted by molar-refractivity contribution is -0.133. The number of aromatic nitrogens is 1. The van der Waals surface area contributed by atoms with Crippen LogP contribution in [0.3, 0.4) is 0 Å². The summed E-state index contributed by atoms with van der Waals surface area (Å²) in [6.45, 7) is 7.06. The van der Waals surface area contributed by atoms with E-state index in [1.165, 1.54) is 0 Å². The van der Waals surface area contributed by atoms with Gasteiger partial charge in [-0.05, 0) is 32.0 Å². The van der Waals surface area contributed by atoms with Gasteiger partial charge in [-0.1, -0.05) is 18.2 Å². The molecular formula is C21H25N3O3. The van der Waals surface area contributed by atoms with Gasteiger partial charge in [-0.2, -0.15) is 0 Å². The number of piperazine rings is 1. The van der Waals surface area contributed by atoms with Gasteiger partial charge in [-0.15, -0.1) is 0 Å². The smallest absolute Gasteiger partial charge is 0.260 e. The highest BCUT2D eigenvalue weighted by Crippen LogP contribution is 2.41.